The molecular weight excluding hydrogens is 930 g/mol. The first-order chi connectivity index (χ1) is 37.8. The molecule has 3 nitrogen and oxygen atoms in total. The Morgan fingerprint density at radius 2 is 1.14 bits per heavy atom. The number of aryl methyl sites for hydroxylation is 3. The molecule has 17 rings (SSSR count). The lowest BCUT2D eigenvalue weighted by atomic mass is 9.32. The van der Waals surface area contributed by atoms with Gasteiger partial charge in [-0.15, -0.1) is 0 Å². The van der Waals surface area contributed by atoms with Crippen LogP contribution in [0.2, 0.25) is 0 Å². The van der Waals surface area contributed by atoms with Gasteiger partial charge in [-0.2, -0.15) is 0 Å². The van der Waals surface area contributed by atoms with Crippen molar-refractivity contribution in [1.82, 2.24) is 9.13 Å². The van der Waals surface area contributed by atoms with Crippen LogP contribution < -0.4 is 21.3 Å². The molecule has 0 radical (unpaired) electrons. The van der Waals surface area contributed by atoms with Gasteiger partial charge in [-0.05, 0) is 187 Å². The molecule has 364 valence electrons. The molecular formula is C73H54BN3. The summed E-state index contributed by atoms with van der Waals surface area (Å²) >= 11 is 0. The fourth-order valence-corrected chi connectivity index (χ4v) is 15.5. The number of fused-ring (bicyclic) bond motifs is 14. The fraction of sp³-hybridized carbons (Fsp3) is 0.123. The number of rotatable bonds is 4. The minimum atomic E-state index is -0.823. The Kier molecular flexibility index (Phi) is 8.23. The van der Waals surface area contributed by atoms with Gasteiger partial charge in [0.15, 0.2) is 0 Å². The van der Waals surface area contributed by atoms with Gasteiger partial charge in [0.05, 0.1) is 22.2 Å². The van der Waals surface area contributed by atoms with Crippen molar-refractivity contribution in [2.45, 2.75) is 59.8 Å². The van der Waals surface area contributed by atoms with Crippen molar-refractivity contribution in [3.8, 4) is 55.9 Å². The van der Waals surface area contributed by atoms with E-state index in [0.717, 1.165) is 22.6 Å². The van der Waals surface area contributed by atoms with E-state index in [4.69, 9.17) is 0 Å². The van der Waals surface area contributed by atoms with Crippen molar-refractivity contribution in [1.29, 1.82) is 0 Å². The highest BCUT2D eigenvalue weighted by Gasteiger charge is 2.48. The van der Waals surface area contributed by atoms with E-state index in [1.807, 2.05) is 13.8 Å². The van der Waals surface area contributed by atoms with Crippen molar-refractivity contribution in [2.75, 3.05) is 4.90 Å². The van der Waals surface area contributed by atoms with Crippen LogP contribution in [0.15, 0.2) is 194 Å². The van der Waals surface area contributed by atoms with E-state index in [-0.39, 0.29) is 12.1 Å². The van der Waals surface area contributed by atoms with Crippen molar-refractivity contribution < 1.29 is 1.37 Å². The van der Waals surface area contributed by atoms with Crippen LogP contribution in [0.1, 0.15) is 68.3 Å². The normalized spacial score (nSPS) is 14.4. The Morgan fingerprint density at radius 1 is 0.468 bits per heavy atom. The molecule has 0 saturated carbocycles. The van der Waals surface area contributed by atoms with Crippen LogP contribution in [0.25, 0.3) is 110 Å². The van der Waals surface area contributed by atoms with Crippen LogP contribution in [0, 0.1) is 20.8 Å². The lowest BCUT2D eigenvalue weighted by Crippen LogP contribution is -2.61. The summed E-state index contributed by atoms with van der Waals surface area (Å²) in [5.74, 6) is -0.823. The summed E-state index contributed by atoms with van der Waals surface area (Å²) in [4.78, 5) is 2.54. The molecule has 0 spiro atoms. The van der Waals surface area contributed by atoms with Gasteiger partial charge in [0.25, 0.3) is 6.71 Å². The Morgan fingerprint density at radius 3 is 1.92 bits per heavy atom. The summed E-state index contributed by atoms with van der Waals surface area (Å²) < 4.78 is 14.8. The molecule has 4 heterocycles. The van der Waals surface area contributed by atoms with Gasteiger partial charge in [0, 0.05) is 56.6 Å². The third-order valence-electron chi connectivity index (χ3n) is 18.5. The summed E-state index contributed by atoms with van der Waals surface area (Å²) in [6, 6.07) is 74.2. The molecule has 11 aromatic carbocycles. The van der Waals surface area contributed by atoms with E-state index >= 15 is 0 Å². The summed E-state index contributed by atoms with van der Waals surface area (Å²) in [5.41, 5.74) is 32.2. The molecule has 13 aromatic rings. The molecule has 0 amide bonds. The number of anilines is 3. The van der Waals surface area contributed by atoms with E-state index in [0.29, 0.717) is 0 Å². The lowest BCUT2D eigenvalue weighted by Gasteiger charge is -2.41. The smallest absolute Gasteiger partial charge is 0.253 e. The molecule has 2 aromatic heterocycles. The minimum Gasteiger partial charge on any atom is -0.311 e. The molecule has 0 fully saturated rings. The SMILES string of the molecule is [2H]C(C)(C)c1ccc2c(c1)B1c3c(cc(-n4c5cccc6c5c5c7c(cccc7ccc54)-c4ccccc4-6)cc3-n3c4ccc(-c5c(C)cc(C)cc5C)cc4c4cc5c(c1c43)-c1ccccc1C5(C)C)N2c1ccccc1. The highest BCUT2D eigenvalue weighted by molar-refractivity contribution is 7.01. The monoisotopic (exact) mass is 984 g/mol. The summed E-state index contributed by atoms with van der Waals surface area (Å²) in [7, 11) is 0. The molecule has 0 atom stereocenters. The van der Waals surface area contributed by atoms with Crippen LogP contribution in [0.4, 0.5) is 17.1 Å². The molecule has 0 bridgehead atoms. The molecule has 4 heteroatoms. The average Bonchev–Trinajstić information content (AvgIpc) is 4.01. The van der Waals surface area contributed by atoms with Gasteiger partial charge < -0.3 is 14.0 Å². The second kappa shape index (κ2) is 15.0. The highest BCUT2D eigenvalue weighted by Crippen LogP contribution is 2.54. The van der Waals surface area contributed by atoms with Crippen molar-refractivity contribution in [3.05, 3.63) is 228 Å². The Balaban J connectivity index is 1.08. The molecule has 0 unspecified atom stereocenters. The zero-order chi connectivity index (χ0) is 52.4. The first kappa shape index (κ1) is 42.4. The molecule has 4 aliphatic rings. The summed E-state index contributed by atoms with van der Waals surface area (Å²) in [6.45, 7) is 15.5. The van der Waals surface area contributed by atoms with E-state index in [9.17, 15) is 1.37 Å². The van der Waals surface area contributed by atoms with Gasteiger partial charge in [0.2, 0.25) is 0 Å². The van der Waals surface area contributed by atoms with Crippen LogP contribution >= 0.6 is 0 Å². The largest absolute Gasteiger partial charge is 0.311 e. The number of para-hydroxylation sites is 1. The summed E-state index contributed by atoms with van der Waals surface area (Å²) in [5, 5.41) is 7.70. The van der Waals surface area contributed by atoms with Crippen molar-refractivity contribution in [2.24, 2.45) is 0 Å². The van der Waals surface area contributed by atoms with Gasteiger partial charge >= 0.3 is 0 Å². The first-order valence-electron chi connectivity index (χ1n) is 28.0. The van der Waals surface area contributed by atoms with Crippen LogP contribution in [-0.2, 0) is 5.41 Å². The Hall–Kier alpha value is -8.86. The van der Waals surface area contributed by atoms with Crippen molar-refractivity contribution >= 4 is 94.5 Å². The number of benzene rings is 11. The quantitative estimate of drug-likeness (QED) is 0.160. The van der Waals surface area contributed by atoms with Gasteiger partial charge in [-0.1, -0.05) is 167 Å². The van der Waals surface area contributed by atoms with Crippen molar-refractivity contribution in [3.63, 3.8) is 0 Å². The van der Waals surface area contributed by atoms with Crippen LogP contribution in [0.5, 0.6) is 0 Å². The standard InChI is InChI=1S/C73H54BN3/c1-40(2)45-28-31-60-58(36-45)74-70-63(75(60)47-18-9-8-10-19-47)37-48(76-61-26-16-24-52-50-21-12-11-20-49(50)51-23-15-17-44-27-32-62(76)69(66(44)51)68(52)61)38-64(70)77-59-30-29-46(65-42(4)33-41(3)34-43(65)5)35-54(59)55-39-57-67(71(74)72(55)77)53-22-13-14-25-56(53)73(57,6)7/h8-40H,1-7H3/i40D. The highest BCUT2D eigenvalue weighted by atomic mass is 15.2. The van der Waals surface area contributed by atoms with E-state index in [2.05, 4.69) is 243 Å². The molecule has 2 aliphatic heterocycles. The average molecular weight is 985 g/mol. The van der Waals surface area contributed by atoms with Gasteiger partial charge in [-0.25, -0.2) is 0 Å². The van der Waals surface area contributed by atoms with Crippen LogP contribution in [-0.4, -0.2) is 15.8 Å². The number of nitrogens with zero attached hydrogens (tertiary/aromatic N) is 3. The number of aromatic nitrogens is 2. The molecule has 2 aliphatic carbocycles. The van der Waals surface area contributed by atoms with Gasteiger partial charge in [0.1, 0.15) is 0 Å². The summed E-state index contributed by atoms with van der Waals surface area (Å²) in [6.07, 6.45) is 0. The van der Waals surface area contributed by atoms with Crippen LogP contribution in [0.3, 0.4) is 0 Å². The predicted octanol–water partition coefficient (Wildman–Crippen LogP) is 17.3. The number of hydrogen-bond acceptors (Lipinski definition) is 1. The number of hydrogen-bond donors (Lipinski definition) is 0. The maximum absolute atomic E-state index is 9.58. The topological polar surface area (TPSA) is 13.1 Å². The maximum Gasteiger partial charge on any atom is 0.253 e. The molecule has 0 saturated heterocycles. The van der Waals surface area contributed by atoms with E-state index in [1.165, 1.54) is 154 Å². The Labute approximate surface area is 450 Å². The predicted molar refractivity (Wildman–Crippen MR) is 328 cm³/mol. The third kappa shape index (κ3) is 5.47. The van der Waals surface area contributed by atoms with Gasteiger partial charge in [-0.3, -0.25) is 0 Å². The zero-order valence-electron chi connectivity index (χ0n) is 45.4. The third-order valence-corrected chi connectivity index (χ3v) is 18.5. The Bertz CT molecular complexity index is 4890. The van der Waals surface area contributed by atoms with E-state index < -0.39 is 5.89 Å². The molecule has 0 N–H and O–H groups in total. The lowest BCUT2D eigenvalue weighted by molar-refractivity contribution is 0.661. The minimum absolute atomic E-state index is 0.156. The fourth-order valence-electron chi connectivity index (χ4n) is 15.5. The molecule has 77 heavy (non-hydrogen) atoms. The second-order valence-electron chi connectivity index (χ2n) is 23.3. The zero-order valence-corrected chi connectivity index (χ0v) is 44.4. The van der Waals surface area contributed by atoms with E-state index in [1.54, 1.807) is 0 Å². The first-order valence-corrected chi connectivity index (χ1v) is 27.5. The second-order valence-corrected chi connectivity index (χ2v) is 23.3. The maximum atomic E-state index is 9.58.